The molecule has 25 heavy (non-hydrogen) atoms. The van der Waals surface area contributed by atoms with Gasteiger partial charge in [0.05, 0.1) is 19.3 Å². The predicted molar refractivity (Wildman–Crippen MR) is 101 cm³/mol. The molecule has 1 saturated heterocycles. The van der Waals surface area contributed by atoms with E-state index in [0.29, 0.717) is 38.4 Å². The van der Waals surface area contributed by atoms with Gasteiger partial charge in [0.1, 0.15) is 0 Å². The molecule has 0 atom stereocenters. The lowest BCUT2D eigenvalue weighted by Crippen LogP contribution is -2.50. The number of urea groups is 1. The minimum atomic E-state index is -0.324. The maximum Gasteiger partial charge on any atom is 0.314 e. The van der Waals surface area contributed by atoms with E-state index in [0.717, 1.165) is 25.3 Å². The molecule has 2 rings (SSSR count). The summed E-state index contributed by atoms with van der Waals surface area (Å²) in [5.41, 5.74) is 5.33. The van der Waals surface area contributed by atoms with E-state index in [-0.39, 0.29) is 6.03 Å². The van der Waals surface area contributed by atoms with Crippen LogP contribution in [0.25, 0.3) is 0 Å². The number of piperidine rings is 1. The van der Waals surface area contributed by atoms with E-state index < -0.39 is 0 Å². The Kier molecular flexibility index (Phi) is 8.86. The molecular formula is C18H35N5O2. The normalized spacial score (nSPS) is 21.0. The first-order valence-electron chi connectivity index (χ1n) is 9.90. The van der Waals surface area contributed by atoms with Crippen LogP contribution in [-0.2, 0) is 4.74 Å². The summed E-state index contributed by atoms with van der Waals surface area (Å²) in [6, 6.07) is 0.00543. The van der Waals surface area contributed by atoms with Crippen LogP contribution in [0.3, 0.4) is 0 Å². The molecule has 4 N–H and O–H groups in total. The maximum atomic E-state index is 11.2. The molecule has 7 nitrogen and oxygen atoms in total. The molecule has 1 aliphatic heterocycles. The lowest BCUT2D eigenvalue weighted by atomic mass is 10.1. The molecule has 0 spiro atoms. The molecule has 1 saturated carbocycles. The van der Waals surface area contributed by atoms with Gasteiger partial charge in [0, 0.05) is 25.7 Å². The van der Waals surface area contributed by atoms with Crippen molar-refractivity contribution in [3.8, 4) is 0 Å². The zero-order chi connectivity index (χ0) is 17.9. The van der Waals surface area contributed by atoms with Gasteiger partial charge in [-0.15, -0.1) is 0 Å². The van der Waals surface area contributed by atoms with Gasteiger partial charge in [-0.2, -0.15) is 0 Å². The highest BCUT2D eigenvalue weighted by Gasteiger charge is 2.21. The molecule has 0 bridgehead atoms. The van der Waals surface area contributed by atoms with Gasteiger partial charge in [0.25, 0.3) is 0 Å². The Morgan fingerprint density at radius 1 is 1.16 bits per heavy atom. The van der Waals surface area contributed by atoms with Crippen LogP contribution in [0.4, 0.5) is 4.79 Å². The lowest BCUT2D eigenvalue weighted by Gasteiger charge is -2.32. The first-order valence-corrected chi connectivity index (χ1v) is 9.90. The van der Waals surface area contributed by atoms with E-state index in [9.17, 15) is 4.79 Å². The molecule has 0 unspecified atom stereocenters. The molecule has 144 valence electrons. The van der Waals surface area contributed by atoms with Crippen molar-refractivity contribution in [1.82, 2.24) is 15.5 Å². The van der Waals surface area contributed by atoms with Gasteiger partial charge >= 0.3 is 6.03 Å². The predicted octanol–water partition coefficient (Wildman–Crippen LogP) is 1.82. The number of carbonyl (C=O) groups is 1. The number of hydrogen-bond acceptors (Lipinski definition) is 3. The monoisotopic (exact) mass is 353 g/mol. The number of aliphatic imine (C=N–C) groups is 1. The molecule has 1 heterocycles. The quantitative estimate of drug-likeness (QED) is 0.294. The van der Waals surface area contributed by atoms with Crippen molar-refractivity contribution in [2.24, 2.45) is 10.7 Å². The lowest BCUT2D eigenvalue weighted by molar-refractivity contribution is 0.0487. The van der Waals surface area contributed by atoms with Crippen molar-refractivity contribution < 1.29 is 9.53 Å². The SMILES string of the molecule is CCNC(=NCCOC1CCCCCC1)NC1CCN(C(N)=O)CC1. The molecule has 2 amide bonds. The summed E-state index contributed by atoms with van der Waals surface area (Å²) in [6.07, 6.45) is 9.89. The number of ether oxygens (including phenoxy) is 1. The van der Waals surface area contributed by atoms with Crippen molar-refractivity contribution >= 4 is 12.0 Å². The van der Waals surface area contributed by atoms with Crippen LogP contribution >= 0.6 is 0 Å². The molecule has 2 aliphatic rings. The summed E-state index contributed by atoms with van der Waals surface area (Å²) < 4.78 is 6.00. The Hall–Kier alpha value is -1.50. The number of nitrogens with two attached hydrogens (primary N) is 1. The van der Waals surface area contributed by atoms with E-state index in [2.05, 4.69) is 22.5 Å². The van der Waals surface area contributed by atoms with Crippen LogP contribution in [-0.4, -0.2) is 61.8 Å². The number of nitrogens with one attached hydrogen (secondary N) is 2. The standard InChI is InChI=1S/C18H35N5O2/c1-2-20-18(22-15-9-12-23(13-10-15)17(19)24)21-11-14-25-16-7-5-3-4-6-8-16/h15-16H,2-14H2,1H3,(H2,19,24)(H2,20,21,22). The second-order valence-corrected chi connectivity index (χ2v) is 6.99. The summed E-state index contributed by atoms with van der Waals surface area (Å²) in [7, 11) is 0. The van der Waals surface area contributed by atoms with Gasteiger partial charge in [-0.1, -0.05) is 25.7 Å². The topological polar surface area (TPSA) is 92.0 Å². The van der Waals surface area contributed by atoms with Gasteiger partial charge in [0.15, 0.2) is 5.96 Å². The Balaban J connectivity index is 1.69. The number of hydrogen-bond donors (Lipinski definition) is 3. The van der Waals surface area contributed by atoms with Crippen LogP contribution in [0.1, 0.15) is 58.3 Å². The zero-order valence-corrected chi connectivity index (χ0v) is 15.6. The van der Waals surface area contributed by atoms with Gasteiger partial charge in [-0.05, 0) is 32.6 Å². The van der Waals surface area contributed by atoms with Crippen molar-refractivity contribution in [2.75, 3.05) is 32.8 Å². The number of carbonyl (C=O) groups excluding carboxylic acids is 1. The highest BCUT2D eigenvalue weighted by molar-refractivity contribution is 5.80. The third-order valence-corrected chi connectivity index (χ3v) is 5.01. The minimum Gasteiger partial charge on any atom is -0.376 e. The number of nitrogens with zero attached hydrogens (tertiary/aromatic N) is 2. The highest BCUT2D eigenvalue weighted by atomic mass is 16.5. The van der Waals surface area contributed by atoms with Gasteiger partial charge in [-0.25, -0.2) is 4.79 Å². The fourth-order valence-electron chi connectivity index (χ4n) is 3.54. The summed E-state index contributed by atoms with van der Waals surface area (Å²) in [4.78, 5) is 17.5. The van der Waals surface area contributed by atoms with Crippen LogP contribution in [0.15, 0.2) is 4.99 Å². The van der Waals surface area contributed by atoms with E-state index in [1.54, 1.807) is 4.90 Å². The number of amides is 2. The summed E-state index contributed by atoms with van der Waals surface area (Å²) >= 11 is 0. The number of likely N-dealkylation sites (tertiary alicyclic amines) is 1. The third kappa shape index (κ3) is 7.50. The van der Waals surface area contributed by atoms with E-state index in [1.807, 2.05) is 0 Å². The third-order valence-electron chi connectivity index (χ3n) is 5.01. The van der Waals surface area contributed by atoms with Gasteiger partial charge < -0.3 is 26.0 Å². The summed E-state index contributed by atoms with van der Waals surface area (Å²) in [6.45, 7) is 5.66. The number of rotatable bonds is 6. The van der Waals surface area contributed by atoms with Crippen molar-refractivity contribution in [3.05, 3.63) is 0 Å². The molecule has 1 aliphatic carbocycles. The molecule has 0 aromatic heterocycles. The Morgan fingerprint density at radius 3 is 2.44 bits per heavy atom. The second kappa shape index (κ2) is 11.2. The summed E-state index contributed by atoms with van der Waals surface area (Å²) in [5.74, 6) is 0.837. The molecule has 2 fully saturated rings. The van der Waals surface area contributed by atoms with E-state index in [4.69, 9.17) is 10.5 Å². The van der Waals surface area contributed by atoms with Gasteiger partial charge in [-0.3, -0.25) is 4.99 Å². The molecule has 7 heteroatoms. The molecule has 0 aromatic rings. The number of guanidine groups is 1. The van der Waals surface area contributed by atoms with Crippen molar-refractivity contribution in [3.63, 3.8) is 0 Å². The Bertz CT molecular complexity index is 414. The largest absolute Gasteiger partial charge is 0.376 e. The Labute approximate surface area is 151 Å². The average Bonchev–Trinajstić information content (AvgIpc) is 2.88. The molecule has 0 aromatic carbocycles. The maximum absolute atomic E-state index is 11.2. The van der Waals surface area contributed by atoms with Crippen LogP contribution in [0.2, 0.25) is 0 Å². The van der Waals surface area contributed by atoms with Crippen LogP contribution < -0.4 is 16.4 Å². The first kappa shape index (κ1) is 19.8. The van der Waals surface area contributed by atoms with Crippen LogP contribution in [0, 0.1) is 0 Å². The first-order chi connectivity index (χ1) is 12.2. The van der Waals surface area contributed by atoms with E-state index >= 15 is 0 Å². The summed E-state index contributed by atoms with van der Waals surface area (Å²) in [5, 5.41) is 6.76. The smallest absolute Gasteiger partial charge is 0.314 e. The number of primary amides is 1. The average molecular weight is 354 g/mol. The van der Waals surface area contributed by atoms with Crippen molar-refractivity contribution in [1.29, 1.82) is 0 Å². The fourth-order valence-corrected chi connectivity index (χ4v) is 3.54. The van der Waals surface area contributed by atoms with E-state index in [1.165, 1.54) is 38.5 Å². The highest BCUT2D eigenvalue weighted by Crippen LogP contribution is 2.19. The van der Waals surface area contributed by atoms with Crippen LogP contribution in [0.5, 0.6) is 0 Å². The molecule has 0 radical (unpaired) electrons. The second-order valence-electron chi connectivity index (χ2n) is 6.99. The Morgan fingerprint density at radius 2 is 1.84 bits per heavy atom. The zero-order valence-electron chi connectivity index (χ0n) is 15.6. The minimum absolute atomic E-state index is 0.324. The van der Waals surface area contributed by atoms with Gasteiger partial charge in [0.2, 0.25) is 0 Å². The fraction of sp³-hybridized carbons (Fsp3) is 0.889. The van der Waals surface area contributed by atoms with Crippen molar-refractivity contribution in [2.45, 2.75) is 70.4 Å². The molecular weight excluding hydrogens is 318 g/mol.